The van der Waals surface area contributed by atoms with Crippen LogP contribution in [0.2, 0.25) is 0 Å². The molecule has 0 amide bonds. The summed E-state index contributed by atoms with van der Waals surface area (Å²) in [5.41, 5.74) is 2.20. The van der Waals surface area contributed by atoms with Crippen LogP contribution in [-0.2, 0) is 4.79 Å². The second-order valence-electron chi connectivity index (χ2n) is 3.01. The fourth-order valence-corrected chi connectivity index (χ4v) is 2.12. The maximum atomic E-state index is 11.0. The molecule has 0 bridgehead atoms. The average molecular weight is 206 g/mol. The first-order valence-electron chi connectivity index (χ1n) is 4.31. The van der Waals surface area contributed by atoms with Crippen molar-refractivity contribution in [3.8, 4) is 5.75 Å². The quantitative estimate of drug-likeness (QED) is 0.743. The van der Waals surface area contributed by atoms with E-state index in [1.165, 1.54) is 11.8 Å². The molecule has 3 heteroatoms. The van der Waals surface area contributed by atoms with Gasteiger partial charge in [0, 0.05) is 5.75 Å². The van der Waals surface area contributed by atoms with Crippen molar-refractivity contribution < 1.29 is 9.53 Å². The number of hydrogen-bond acceptors (Lipinski definition) is 3. The van der Waals surface area contributed by atoms with E-state index in [0.29, 0.717) is 0 Å². The fraction of sp³-hybridized carbons (Fsp3) is 0.182. The predicted molar refractivity (Wildman–Crippen MR) is 58.4 cm³/mol. The minimum Gasteiger partial charge on any atom is -0.497 e. The Labute approximate surface area is 87.0 Å². The molecule has 0 radical (unpaired) electrons. The third-order valence-electron chi connectivity index (χ3n) is 2.12. The first-order chi connectivity index (χ1) is 6.79. The monoisotopic (exact) mass is 206 g/mol. The van der Waals surface area contributed by atoms with Gasteiger partial charge in [0.15, 0.2) is 0 Å². The van der Waals surface area contributed by atoms with Gasteiger partial charge in [-0.05, 0) is 29.3 Å². The average Bonchev–Trinajstić information content (AvgIpc) is 2.65. The first kappa shape index (κ1) is 9.34. The molecule has 0 aliphatic carbocycles. The van der Waals surface area contributed by atoms with Crippen molar-refractivity contribution in [2.24, 2.45) is 0 Å². The Bertz CT molecular complexity index is 379. The van der Waals surface area contributed by atoms with Gasteiger partial charge in [-0.15, -0.1) is 0 Å². The van der Waals surface area contributed by atoms with Crippen LogP contribution in [0.1, 0.15) is 5.56 Å². The molecule has 1 aromatic rings. The Morgan fingerprint density at radius 2 is 2.00 bits per heavy atom. The second-order valence-corrected chi connectivity index (χ2v) is 3.99. The molecule has 0 aromatic heterocycles. The van der Waals surface area contributed by atoms with Crippen molar-refractivity contribution in [3.05, 3.63) is 35.9 Å². The van der Waals surface area contributed by atoms with Crippen molar-refractivity contribution in [2.75, 3.05) is 12.9 Å². The number of ether oxygens (including phenoxy) is 1. The lowest BCUT2D eigenvalue weighted by Gasteiger charge is -2.02. The van der Waals surface area contributed by atoms with Crippen molar-refractivity contribution in [1.29, 1.82) is 0 Å². The van der Waals surface area contributed by atoms with Gasteiger partial charge in [0.05, 0.1) is 7.11 Å². The van der Waals surface area contributed by atoms with Gasteiger partial charge in [-0.2, -0.15) is 0 Å². The molecule has 14 heavy (non-hydrogen) atoms. The van der Waals surface area contributed by atoms with Gasteiger partial charge >= 0.3 is 0 Å². The lowest BCUT2D eigenvalue weighted by atomic mass is 10.1. The van der Waals surface area contributed by atoms with E-state index >= 15 is 0 Å². The van der Waals surface area contributed by atoms with Gasteiger partial charge in [0.2, 0.25) is 5.12 Å². The van der Waals surface area contributed by atoms with E-state index in [2.05, 4.69) is 0 Å². The SMILES string of the molecule is COc1ccc(C2=CC(=O)SC2)cc1. The highest BCUT2D eigenvalue weighted by Crippen LogP contribution is 2.28. The van der Waals surface area contributed by atoms with Crippen LogP contribution in [0.25, 0.3) is 5.57 Å². The number of carbonyl (C=O) groups excluding carboxylic acids is 1. The fourth-order valence-electron chi connectivity index (χ4n) is 1.35. The van der Waals surface area contributed by atoms with Crippen LogP contribution in [0.5, 0.6) is 5.75 Å². The van der Waals surface area contributed by atoms with Crippen molar-refractivity contribution >= 4 is 22.5 Å². The van der Waals surface area contributed by atoms with Crippen LogP contribution in [0.3, 0.4) is 0 Å². The third-order valence-corrected chi connectivity index (χ3v) is 2.98. The van der Waals surface area contributed by atoms with Crippen LogP contribution in [0.15, 0.2) is 30.3 Å². The topological polar surface area (TPSA) is 26.3 Å². The molecule has 0 saturated carbocycles. The molecule has 1 aliphatic rings. The van der Waals surface area contributed by atoms with Gasteiger partial charge in [0.1, 0.15) is 5.75 Å². The van der Waals surface area contributed by atoms with Gasteiger partial charge in [-0.3, -0.25) is 4.79 Å². The molecule has 0 atom stereocenters. The molecule has 0 N–H and O–H groups in total. The molecule has 72 valence electrons. The van der Waals surface area contributed by atoms with Crippen LogP contribution >= 0.6 is 11.8 Å². The number of carbonyl (C=O) groups is 1. The molecule has 0 fully saturated rings. The summed E-state index contributed by atoms with van der Waals surface area (Å²) in [6.07, 6.45) is 1.70. The maximum absolute atomic E-state index is 11.0. The van der Waals surface area contributed by atoms with E-state index < -0.39 is 0 Å². The number of thioether (sulfide) groups is 1. The number of benzene rings is 1. The number of rotatable bonds is 2. The summed E-state index contributed by atoms with van der Waals surface area (Å²) in [6, 6.07) is 7.76. The minimum absolute atomic E-state index is 0.149. The zero-order valence-corrected chi connectivity index (χ0v) is 8.64. The summed E-state index contributed by atoms with van der Waals surface area (Å²) < 4.78 is 5.06. The van der Waals surface area contributed by atoms with E-state index in [1.807, 2.05) is 24.3 Å². The van der Waals surface area contributed by atoms with Gasteiger partial charge in [0.25, 0.3) is 0 Å². The summed E-state index contributed by atoms with van der Waals surface area (Å²) in [4.78, 5) is 11.0. The predicted octanol–water partition coefficient (Wildman–Crippen LogP) is 2.35. The zero-order chi connectivity index (χ0) is 9.97. The standard InChI is InChI=1S/C11H10O2S/c1-13-10-4-2-8(3-5-10)9-6-11(12)14-7-9/h2-6H,7H2,1H3. The van der Waals surface area contributed by atoms with Crippen LogP contribution in [0.4, 0.5) is 0 Å². The summed E-state index contributed by atoms with van der Waals surface area (Å²) in [5.74, 6) is 1.62. The minimum atomic E-state index is 0.149. The molecule has 2 rings (SSSR count). The van der Waals surface area contributed by atoms with Crippen molar-refractivity contribution in [3.63, 3.8) is 0 Å². The van der Waals surface area contributed by atoms with Gasteiger partial charge in [-0.1, -0.05) is 23.9 Å². The summed E-state index contributed by atoms with van der Waals surface area (Å²) in [7, 11) is 1.64. The van der Waals surface area contributed by atoms with Crippen LogP contribution in [-0.4, -0.2) is 18.0 Å². The highest BCUT2D eigenvalue weighted by molar-refractivity contribution is 8.14. The first-order valence-corrected chi connectivity index (χ1v) is 5.30. The van der Waals surface area contributed by atoms with E-state index in [4.69, 9.17) is 4.74 Å². The molecule has 0 unspecified atom stereocenters. The van der Waals surface area contributed by atoms with E-state index in [9.17, 15) is 4.79 Å². The summed E-state index contributed by atoms with van der Waals surface area (Å²) in [5, 5.41) is 0.149. The van der Waals surface area contributed by atoms with E-state index in [0.717, 1.165) is 22.6 Å². The second kappa shape index (κ2) is 3.88. The normalized spacial score (nSPS) is 15.5. The Hall–Kier alpha value is -1.22. The summed E-state index contributed by atoms with van der Waals surface area (Å²) >= 11 is 1.35. The smallest absolute Gasteiger partial charge is 0.212 e. The zero-order valence-electron chi connectivity index (χ0n) is 7.82. The molecule has 1 heterocycles. The lowest BCUT2D eigenvalue weighted by molar-refractivity contribution is -0.106. The number of methoxy groups -OCH3 is 1. The molecule has 1 aromatic carbocycles. The van der Waals surface area contributed by atoms with Gasteiger partial charge in [-0.25, -0.2) is 0 Å². The highest BCUT2D eigenvalue weighted by Gasteiger charge is 2.13. The molecular formula is C11H10O2S. The number of hydrogen-bond donors (Lipinski definition) is 0. The van der Waals surface area contributed by atoms with Crippen molar-refractivity contribution in [1.82, 2.24) is 0 Å². The maximum Gasteiger partial charge on any atom is 0.212 e. The molecule has 1 aliphatic heterocycles. The highest BCUT2D eigenvalue weighted by atomic mass is 32.2. The lowest BCUT2D eigenvalue weighted by Crippen LogP contribution is -1.85. The van der Waals surface area contributed by atoms with E-state index in [-0.39, 0.29) is 5.12 Å². The Balaban J connectivity index is 2.25. The van der Waals surface area contributed by atoms with E-state index in [1.54, 1.807) is 13.2 Å². The van der Waals surface area contributed by atoms with Gasteiger partial charge < -0.3 is 4.74 Å². The molecule has 2 nitrogen and oxygen atoms in total. The Morgan fingerprint density at radius 1 is 1.29 bits per heavy atom. The Kier molecular flexibility index (Phi) is 2.59. The third kappa shape index (κ3) is 1.82. The molecule has 0 saturated heterocycles. The molecule has 0 spiro atoms. The molecular weight excluding hydrogens is 196 g/mol. The Morgan fingerprint density at radius 3 is 2.50 bits per heavy atom. The van der Waals surface area contributed by atoms with Crippen LogP contribution < -0.4 is 4.74 Å². The largest absolute Gasteiger partial charge is 0.497 e. The van der Waals surface area contributed by atoms with Crippen molar-refractivity contribution in [2.45, 2.75) is 0 Å². The van der Waals surface area contributed by atoms with Crippen LogP contribution in [0, 0.1) is 0 Å². The summed E-state index contributed by atoms with van der Waals surface area (Å²) in [6.45, 7) is 0.